The monoisotopic (exact) mass is 572 g/mol. The third-order valence-electron chi connectivity index (χ3n) is 5.69. The van der Waals surface area contributed by atoms with Crippen LogP contribution in [0.3, 0.4) is 0 Å². The van der Waals surface area contributed by atoms with Crippen LogP contribution in [0.2, 0.25) is 10.0 Å². The topological polar surface area (TPSA) is 43.6 Å². The second-order valence-corrected chi connectivity index (χ2v) is 10.5. The van der Waals surface area contributed by atoms with Gasteiger partial charge in [-0.3, -0.25) is 4.57 Å². The number of hydrogen-bond acceptors (Lipinski definition) is 4. The number of alkyl halides is 3. The average molecular weight is 574 g/mol. The number of aromatic nitrogens is 4. The molecule has 0 radical (unpaired) electrons. The Morgan fingerprint density at radius 3 is 2.36 bits per heavy atom. The van der Waals surface area contributed by atoms with Crippen molar-refractivity contribution in [3.05, 3.63) is 67.7 Å². The Morgan fingerprint density at radius 2 is 1.76 bits per heavy atom. The average Bonchev–Trinajstić information content (AvgIpc) is 3.32. The van der Waals surface area contributed by atoms with Gasteiger partial charge >= 0.3 is 6.18 Å². The van der Waals surface area contributed by atoms with Gasteiger partial charge in [-0.25, -0.2) is 4.98 Å². The molecule has 170 valence electrons. The van der Waals surface area contributed by atoms with Crippen LogP contribution >= 0.6 is 50.5 Å². The van der Waals surface area contributed by atoms with Gasteiger partial charge in [0.15, 0.2) is 5.01 Å². The normalized spacial score (nSPS) is 15.1. The summed E-state index contributed by atoms with van der Waals surface area (Å²) in [5.41, 5.74) is 0.734. The van der Waals surface area contributed by atoms with Gasteiger partial charge in [0.2, 0.25) is 0 Å². The van der Waals surface area contributed by atoms with E-state index in [-0.39, 0.29) is 17.8 Å². The van der Waals surface area contributed by atoms with Gasteiger partial charge < -0.3 is 0 Å². The van der Waals surface area contributed by atoms with Crippen LogP contribution in [0.5, 0.6) is 0 Å². The molecule has 0 amide bonds. The largest absolute Gasteiger partial charge is 0.400 e. The van der Waals surface area contributed by atoms with Crippen molar-refractivity contribution in [3.8, 4) is 27.8 Å². The molecule has 5 rings (SSSR count). The van der Waals surface area contributed by atoms with Gasteiger partial charge in [0.05, 0.1) is 10.7 Å². The second kappa shape index (κ2) is 8.08. The van der Waals surface area contributed by atoms with Gasteiger partial charge in [-0.15, -0.1) is 10.2 Å². The number of nitrogens with zero attached hydrogens (tertiary/aromatic N) is 4. The van der Waals surface area contributed by atoms with Crippen LogP contribution in [0.25, 0.3) is 27.8 Å². The van der Waals surface area contributed by atoms with E-state index in [0.29, 0.717) is 37.8 Å². The molecule has 0 saturated heterocycles. The highest BCUT2D eigenvalue weighted by Crippen LogP contribution is 2.59. The van der Waals surface area contributed by atoms with E-state index in [1.54, 1.807) is 18.2 Å². The van der Waals surface area contributed by atoms with E-state index in [9.17, 15) is 13.2 Å². The molecule has 1 fully saturated rings. The van der Waals surface area contributed by atoms with E-state index in [4.69, 9.17) is 28.2 Å². The Hall–Kier alpha value is -1.94. The van der Waals surface area contributed by atoms with Crippen molar-refractivity contribution < 1.29 is 13.2 Å². The zero-order valence-corrected chi connectivity index (χ0v) is 20.8. The lowest BCUT2D eigenvalue weighted by atomic mass is 10.1. The fourth-order valence-electron chi connectivity index (χ4n) is 3.72. The number of hydrogen-bond donors (Lipinski definition) is 0. The van der Waals surface area contributed by atoms with E-state index >= 15 is 0 Å². The Balaban J connectivity index is 1.68. The van der Waals surface area contributed by atoms with Crippen LogP contribution in [-0.2, 0) is 5.41 Å². The van der Waals surface area contributed by atoms with Gasteiger partial charge in [-0.2, -0.15) is 13.2 Å². The molecule has 1 saturated carbocycles. The summed E-state index contributed by atoms with van der Waals surface area (Å²) >= 11 is 16.9. The molecule has 2 aromatic heterocycles. The molecule has 0 spiro atoms. The first kappa shape index (κ1) is 22.8. The quantitative estimate of drug-likeness (QED) is 0.248. The summed E-state index contributed by atoms with van der Waals surface area (Å²) in [4.78, 5) is 4.77. The maximum Gasteiger partial charge on any atom is 0.400 e. The minimum atomic E-state index is -4.35. The van der Waals surface area contributed by atoms with E-state index in [0.717, 1.165) is 21.5 Å². The molecule has 0 unspecified atom stereocenters. The van der Waals surface area contributed by atoms with Crippen LogP contribution < -0.4 is 0 Å². The van der Waals surface area contributed by atoms with Gasteiger partial charge in [-0.05, 0) is 62.2 Å². The van der Waals surface area contributed by atoms with Crippen molar-refractivity contribution in [1.82, 2.24) is 19.7 Å². The highest BCUT2D eigenvalue weighted by molar-refractivity contribution is 9.10. The Bertz CT molecular complexity index is 1360. The molecule has 4 aromatic rings. The second-order valence-electron chi connectivity index (χ2n) is 7.80. The first-order chi connectivity index (χ1) is 15.6. The number of halogens is 6. The van der Waals surface area contributed by atoms with E-state index in [2.05, 4.69) is 26.1 Å². The molecule has 11 heteroatoms. The fraction of sp³-hybridized carbons (Fsp3) is 0.227. The van der Waals surface area contributed by atoms with Crippen molar-refractivity contribution in [2.24, 2.45) is 0 Å². The van der Waals surface area contributed by atoms with Crippen molar-refractivity contribution in [3.63, 3.8) is 0 Å². The predicted molar refractivity (Wildman–Crippen MR) is 127 cm³/mol. The lowest BCUT2D eigenvalue weighted by Gasteiger charge is -2.15. The molecule has 4 nitrogen and oxygen atoms in total. The smallest absolute Gasteiger partial charge is 0.296 e. The molecule has 1 aliphatic carbocycles. The third kappa shape index (κ3) is 3.88. The Kier molecular flexibility index (Phi) is 5.59. The maximum atomic E-state index is 13.6. The van der Waals surface area contributed by atoms with Gasteiger partial charge in [0.25, 0.3) is 0 Å². The van der Waals surface area contributed by atoms with E-state index in [1.807, 2.05) is 35.8 Å². The summed E-state index contributed by atoms with van der Waals surface area (Å²) in [5.74, 6) is 0.528. The van der Waals surface area contributed by atoms with Gasteiger partial charge in [0.1, 0.15) is 21.9 Å². The lowest BCUT2D eigenvalue weighted by Crippen LogP contribution is -2.28. The molecular formula is C22H14BrCl2F3N4S. The molecule has 0 atom stereocenters. The molecule has 2 aromatic carbocycles. The lowest BCUT2D eigenvalue weighted by molar-refractivity contribution is -0.160. The first-order valence-electron chi connectivity index (χ1n) is 9.82. The highest BCUT2D eigenvalue weighted by Gasteiger charge is 2.66. The Morgan fingerprint density at radius 1 is 1.06 bits per heavy atom. The van der Waals surface area contributed by atoms with Crippen LogP contribution in [-0.4, -0.2) is 25.9 Å². The molecule has 0 aliphatic heterocycles. The minimum absolute atomic E-state index is 0.0198. The van der Waals surface area contributed by atoms with Crippen LogP contribution in [0, 0.1) is 6.92 Å². The first-order valence-corrected chi connectivity index (χ1v) is 12.2. The summed E-state index contributed by atoms with van der Waals surface area (Å²) in [6.07, 6.45) is -4.29. The number of benzene rings is 2. The Labute approximate surface area is 209 Å². The standard InChI is InChI=1S/C22H14BrCl2F3N4S/c1-11-17(19-30-31-20(33-19)21(8-9-21)22(26,27)28)29-18(15-7-4-13(24)10-16(15)25)32(11)14-5-2-12(23)3-6-14/h2-7,10H,8-9H2,1H3. The molecule has 33 heavy (non-hydrogen) atoms. The van der Waals surface area contributed by atoms with Crippen molar-refractivity contribution in [1.29, 1.82) is 0 Å². The highest BCUT2D eigenvalue weighted by atomic mass is 79.9. The molecule has 0 N–H and O–H groups in total. The van der Waals surface area contributed by atoms with Crippen molar-refractivity contribution in [2.75, 3.05) is 0 Å². The van der Waals surface area contributed by atoms with Crippen LogP contribution in [0.1, 0.15) is 23.5 Å². The summed E-state index contributed by atoms with van der Waals surface area (Å²) in [7, 11) is 0. The third-order valence-corrected chi connectivity index (χ3v) is 7.90. The molecule has 2 heterocycles. The van der Waals surface area contributed by atoms with Gasteiger partial charge in [-0.1, -0.05) is 50.5 Å². The molecule has 0 bridgehead atoms. The summed E-state index contributed by atoms with van der Waals surface area (Å²) in [6.45, 7) is 1.84. The van der Waals surface area contributed by atoms with E-state index < -0.39 is 11.6 Å². The van der Waals surface area contributed by atoms with E-state index in [1.165, 1.54) is 0 Å². The summed E-state index contributed by atoms with van der Waals surface area (Å²) in [5, 5.41) is 9.20. The van der Waals surface area contributed by atoms with Crippen molar-refractivity contribution >= 4 is 50.5 Å². The zero-order valence-electron chi connectivity index (χ0n) is 16.9. The molecular weight excluding hydrogens is 560 g/mol. The summed E-state index contributed by atoms with van der Waals surface area (Å²) in [6, 6.07) is 12.7. The van der Waals surface area contributed by atoms with Crippen LogP contribution in [0.15, 0.2) is 46.9 Å². The SMILES string of the molecule is Cc1c(-c2nnc(C3(C(F)(F)F)CC3)s2)nc(-c2ccc(Cl)cc2Cl)n1-c1ccc(Br)cc1. The number of imidazole rings is 1. The zero-order chi connectivity index (χ0) is 23.5. The van der Waals surface area contributed by atoms with Crippen LogP contribution in [0.4, 0.5) is 13.2 Å². The minimum Gasteiger partial charge on any atom is -0.296 e. The fourth-order valence-corrected chi connectivity index (χ4v) is 5.63. The predicted octanol–water partition coefficient (Wildman–Crippen LogP) is 8.03. The number of rotatable bonds is 4. The van der Waals surface area contributed by atoms with Crippen molar-refractivity contribution in [2.45, 2.75) is 31.4 Å². The summed E-state index contributed by atoms with van der Waals surface area (Å²) < 4.78 is 43.6. The molecule has 1 aliphatic rings. The van der Waals surface area contributed by atoms with Gasteiger partial charge in [0, 0.05) is 20.7 Å². The maximum absolute atomic E-state index is 13.6.